The second-order valence-corrected chi connectivity index (χ2v) is 9.72. The number of benzene rings is 4. The van der Waals surface area contributed by atoms with Crippen LogP contribution in [0.25, 0.3) is 45.6 Å². The molecule has 0 saturated carbocycles. The number of carbonyl (C=O) groups excluding carboxylic acids is 2. The van der Waals surface area contributed by atoms with Crippen LogP contribution in [0.2, 0.25) is 0 Å². The van der Waals surface area contributed by atoms with Gasteiger partial charge in [-0.2, -0.15) is 10.2 Å². The second-order valence-electron chi connectivity index (χ2n) is 9.72. The number of esters is 2. The first kappa shape index (κ1) is 27.3. The maximum Gasteiger partial charge on any atom is 0.338 e. The van der Waals surface area contributed by atoms with Gasteiger partial charge in [0.1, 0.15) is 12.7 Å². The molecule has 0 radical (unpaired) electrons. The Hall–Kier alpha value is -5.90. The van der Waals surface area contributed by atoms with Gasteiger partial charge in [0.05, 0.1) is 11.1 Å². The number of nitrogens with zero attached hydrogens (tertiary/aromatic N) is 4. The van der Waals surface area contributed by atoms with E-state index in [1.807, 2.05) is 72.8 Å². The summed E-state index contributed by atoms with van der Waals surface area (Å²) in [5.41, 5.74) is 3.81. The number of aromatic nitrogens is 6. The number of aromatic amines is 2. The Kier molecular flexibility index (Phi) is 7.81. The summed E-state index contributed by atoms with van der Waals surface area (Å²) in [6.45, 7) is 1.55. The highest BCUT2D eigenvalue weighted by molar-refractivity contribution is 5.91. The largest absolute Gasteiger partial charge is 0.458 e. The van der Waals surface area contributed by atoms with Crippen LogP contribution in [0.15, 0.2) is 109 Å². The van der Waals surface area contributed by atoms with Crippen molar-refractivity contribution in [1.29, 1.82) is 0 Å². The zero-order valence-corrected chi connectivity index (χ0v) is 23.1. The van der Waals surface area contributed by atoms with Crippen LogP contribution in [-0.4, -0.2) is 55.0 Å². The summed E-state index contributed by atoms with van der Waals surface area (Å²) in [6, 6.07) is 33.0. The number of hydrogen-bond donors (Lipinski definition) is 2. The van der Waals surface area contributed by atoms with Crippen LogP contribution < -0.4 is 0 Å². The van der Waals surface area contributed by atoms with Crippen molar-refractivity contribution in [3.63, 3.8) is 0 Å². The van der Waals surface area contributed by atoms with E-state index in [1.54, 1.807) is 43.3 Å². The average molecular weight is 571 g/mol. The summed E-state index contributed by atoms with van der Waals surface area (Å²) in [5.74, 6) is 1.08. The molecule has 10 nitrogen and oxygen atoms in total. The molecule has 0 aliphatic carbocycles. The third-order valence-electron chi connectivity index (χ3n) is 6.54. The van der Waals surface area contributed by atoms with Gasteiger partial charge in [0.15, 0.2) is 23.3 Å². The average Bonchev–Trinajstić information content (AvgIpc) is 3.76. The fourth-order valence-corrected chi connectivity index (χ4v) is 4.36. The lowest BCUT2D eigenvalue weighted by molar-refractivity contribution is 0.00448. The lowest BCUT2D eigenvalue weighted by Crippen LogP contribution is -2.22. The molecule has 0 saturated heterocycles. The molecule has 0 spiro atoms. The van der Waals surface area contributed by atoms with Crippen molar-refractivity contribution in [2.75, 3.05) is 6.61 Å². The molecule has 2 N–H and O–H groups in total. The van der Waals surface area contributed by atoms with E-state index in [9.17, 15) is 9.59 Å². The third kappa shape index (κ3) is 6.38. The minimum absolute atomic E-state index is 0.114. The predicted octanol–water partition coefficient (Wildman–Crippen LogP) is 5.99. The van der Waals surface area contributed by atoms with Gasteiger partial charge in [-0.05, 0) is 31.2 Å². The van der Waals surface area contributed by atoms with Gasteiger partial charge in [0.25, 0.3) is 0 Å². The van der Waals surface area contributed by atoms with E-state index in [-0.39, 0.29) is 6.61 Å². The molecule has 1 atom stereocenters. The zero-order valence-electron chi connectivity index (χ0n) is 23.1. The standard InChI is InChI=1S/C33H26N6O4/c1-21(43-33(41)27-17-9-15-25(19-27)31-35-29(37-39-31)23-12-6-3-7-13-23)20-42-32(40)26-16-8-14-24(18-26)30-34-28(36-38-30)22-10-4-2-5-11-22/h2-19,21H,20H2,1H3,(H,34,36,38)(H,35,37,39). The third-order valence-corrected chi connectivity index (χ3v) is 6.54. The van der Waals surface area contributed by atoms with Gasteiger partial charge in [0.2, 0.25) is 0 Å². The Morgan fingerprint density at radius 3 is 1.60 bits per heavy atom. The van der Waals surface area contributed by atoms with Crippen molar-refractivity contribution in [2.45, 2.75) is 13.0 Å². The summed E-state index contributed by atoms with van der Waals surface area (Å²) >= 11 is 0. The van der Waals surface area contributed by atoms with Crippen molar-refractivity contribution in [2.24, 2.45) is 0 Å². The number of hydrogen-bond acceptors (Lipinski definition) is 8. The molecular weight excluding hydrogens is 544 g/mol. The van der Waals surface area contributed by atoms with Crippen molar-refractivity contribution >= 4 is 11.9 Å². The van der Waals surface area contributed by atoms with Gasteiger partial charge in [-0.1, -0.05) is 84.9 Å². The van der Waals surface area contributed by atoms with Crippen LogP contribution in [0.1, 0.15) is 27.6 Å². The van der Waals surface area contributed by atoms with Gasteiger partial charge >= 0.3 is 11.9 Å². The molecule has 2 aromatic heterocycles. The molecule has 0 aliphatic heterocycles. The van der Waals surface area contributed by atoms with Crippen molar-refractivity contribution in [3.05, 3.63) is 120 Å². The number of ether oxygens (including phenoxy) is 2. The minimum Gasteiger partial charge on any atom is -0.458 e. The lowest BCUT2D eigenvalue weighted by Gasteiger charge is -2.14. The molecule has 6 aromatic rings. The van der Waals surface area contributed by atoms with Crippen LogP contribution in [0.5, 0.6) is 0 Å². The van der Waals surface area contributed by atoms with Crippen molar-refractivity contribution in [3.8, 4) is 45.6 Å². The predicted molar refractivity (Wildman–Crippen MR) is 160 cm³/mol. The highest BCUT2D eigenvalue weighted by Crippen LogP contribution is 2.23. The summed E-state index contributed by atoms with van der Waals surface area (Å²) in [4.78, 5) is 34.7. The SMILES string of the molecule is CC(COC(=O)c1cccc(-c2nc(-c3ccccc3)n[nH]2)c1)OC(=O)c1cccc(-c2nc(-c3ccccc3)n[nH]2)c1. The maximum atomic E-state index is 12.9. The van der Waals surface area contributed by atoms with E-state index in [4.69, 9.17) is 9.47 Å². The van der Waals surface area contributed by atoms with E-state index < -0.39 is 18.0 Å². The molecular formula is C33H26N6O4. The van der Waals surface area contributed by atoms with E-state index in [0.717, 1.165) is 11.1 Å². The van der Waals surface area contributed by atoms with Gasteiger partial charge in [0, 0.05) is 22.3 Å². The Labute approximate surface area is 246 Å². The molecule has 43 heavy (non-hydrogen) atoms. The highest BCUT2D eigenvalue weighted by Gasteiger charge is 2.17. The number of carbonyl (C=O) groups is 2. The monoisotopic (exact) mass is 570 g/mol. The molecule has 1 unspecified atom stereocenters. The Balaban J connectivity index is 1.05. The second kappa shape index (κ2) is 12.3. The molecule has 4 aromatic carbocycles. The first-order valence-corrected chi connectivity index (χ1v) is 13.6. The fourth-order valence-electron chi connectivity index (χ4n) is 4.36. The molecule has 0 fully saturated rings. The Morgan fingerprint density at radius 1 is 0.628 bits per heavy atom. The zero-order chi connectivity index (χ0) is 29.6. The van der Waals surface area contributed by atoms with Gasteiger partial charge in [-0.3, -0.25) is 10.2 Å². The summed E-state index contributed by atoms with van der Waals surface area (Å²) in [7, 11) is 0. The van der Waals surface area contributed by atoms with Crippen molar-refractivity contribution in [1.82, 2.24) is 30.4 Å². The van der Waals surface area contributed by atoms with Crippen LogP contribution in [0.3, 0.4) is 0 Å². The van der Waals surface area contributed by atoms with Crippen LogP contribution in [0.4, 0.5) is 0 Å². The molecule has 0 aliphatic rings. The molecule has 10 heteroatoms. The van der Waals surface area contributed by atoms with Crippen LogP contribution in [0, 0.1) is 0 Å². The van der Waals surface area contributed by atoms with E-state index >= 15 is 0 Å². The molecule has 2 heterocycles. The van der Waals surface area contributed by atoms with Gasteiger partial charge in [-0.15, -0.1) is 0 Å². The van der Waals surface area contributed by atoms with E-state index in [0.29, 0.717) is 45.6 Å². The first-order chi connectivity index (χ1) is 21.0. The number of rotatable bonds is 9. The Morgan fingerprint density at radius 2 is 1.09 bits per heavy atom. The summed E-state index contributed by atoms with van der Waals surface area (Å²) in [6.07, 6.45) is -0.680. The fraction of sp³-hybridized carbons (Fsp3) is 0.0909. The van der Waals surface area contributed by atoms with E-state index in [2.05, 4.69) is 30.4 Å². The molecule has 0 amide bonds. The van der Waals surface area contributed by atoms with Gasteiger partial charge in [-0.25, -0.2) is 19.6 Å². The first-order valence-electron chi connectivity index (χ1n) is 13.6. The van der Waals surface area contributed by atoms with Crippen LogP contribution >= 0.6 is 0 Å². The molecule has 6 rings (SSSR count). The normalized spacial score (nSPS) is 11.6. The number of H-pyrrole nitrogens is 2. The molecule has 212 valence electrons. The summed E-state index contributed by atoms with van der Waals surface area (Å²) < 4.78 is 11.0. The smallest absolute Gasteiger partial charge is 0.338 e. The summed E-state index contributed by atoms with van der Waals surface area (Å²) in [5, 5.41) is 14.4. The highest BCUT2D eigenvalue weighted by atomic mass is 16.6. The quantitative estimate of drug-likeness (QED) is 0.202. The minimum atomic E-state index is -0.680. The van der Waals surface area contributed by atoms with Crippen LogP contribution in [-0.2, 0) is 9.47 Å². The molecule has 0 bridgehead atoms. The Bertz CT molecular complexity index is 1870. The number of nitrogens with one attached hydrogen (secondary N) is 2. The van der Waals surface area contributed by atoms with E-state index in [1.165, 1.54) is 0 Å². The van der Waals surface area contributed by atoms with Gasteiger partial charge < -0.3 is 9.47 Å². The van der Waals surface area contributed by atoms with Crippen molar-refractivity contribution < 1.29 is 19.1 Å². The topological polar surface area (TPSA) is 136 Å². The maximum absolute atomic E-state index is 12.9. The lowest BCUT2D eigenvalue weighted by atomic mass is 10.1.